The maximum Gasteiger partial charge on any atom is 0.311 e. The van der Waals surface area contributed by atoms with Gasteiger partial charge in [-0.15, -0.1) is 0 Å². The maximum absolute atomic E-state index is 13.5. The van der Waals surface area contributed by atoms with E-state index in [2.05, 4.69) is 30.4 Å². The second-order valence-electron chi connectivity index (χ2n) is 7.92. The SMILES string of the molecule is CCc1ccc2c(c1)C(NCC(O)C(Cc1cc(F)cc(F)c1)C(=O)OC)CCC2. The lowest BCUT2D eigenvalue weighted by Crippen LogP contribution is -2.40. The number of methoxy groups -OCH3 is 1. The average molecular weight is 417 g/mol. The number of aliphatic hydroxyl groups excluding tert-OH is 1. The van der Waals surface area contributed by atoms with Crippen molar-refractivity contribution < 1.29 is 23.4 Å². The van der Waals surface area contributed by atoms with Gasteiger partial charge in [0.05, 0.1) is 19.1 Å². The minimum atomic E-state index is -1.05. The Morgan fingerprint density at radius 3 is 2.60 bits per heavy atom. The highest BCUT2D eigenvalue weighted by molar-refractivity contribution is 5.73. The first-order valence-electron chi connectivity index (χ1n) is 10.5. The quantitative estimate of drug-likeness (QED) is 0.640. The second-order valence-corrected chi connectivity index (χ2v) is 7.92. The summed E-state index contributed by atoms with van der Waals surface area (Å²) in [7, 11) is 1.24. The summed E-state index contributed by atoms with van der Waals surface area (Å²) in [5, 5.41) is 14.1. The molecule has 1 aliphatic carbocycles. The molecule has 0 aromatic heterocycles. The lowest BCUT2D eigenvalue weighted by Gasteiger charge is -2.29. The van der Waals surface area contributed by atoms with E-state index >= 15 is 0 Å². The van der Waals surface area contributed by atoms with Gasteiger partial charge in [0.15, 0.2) is 0 Å². The zero-order chi connectivity index (χ0) is 21.7. The van der Waals surface area contributed by atoms with Crippen molar-refractivity contribution in [3.63, 3.8) is 0 Å². The van der Waals surface area contributed by atoms with E-state index in [9.17, 15) is 18.7 Å². The van der Waals surface area contributed by atoms with Crippen LogP contribution in [0.2, 0.25) is 0 Å². The van der Waals surface area contributed by atoms with Gasteiger partial charge in [0.2, 0.25) is 0 Å². The predicted octanol–water partition coefficient (Wildman–Crippen LogP) is 3.89. The van der Waals surface area contributed by atoms with Crippen LogP contribution in [0.15, 0.2) is 36.4 Å². The molecule has 2 N–H and O–H groups in total. The van der Waals surface area contributed by atoms with Crippen LogP contribution in [0.3, 0.4) is 0 Å². The molecule has 1 aliphatic rings. The number of aryl methyl sites for hydroxylation is 2. The van der Waals surface area contributed by atoms with Crippen LogP contribution in [0.5, 0.6) is 0 Å². The van der Waals surface area contributed by atoms with Gasteiger partial charge in [-0.2, -0.15) is 0 Å². The molecule has 6 heteroatoms. The van der Waals surface area contributed by atoms with Gasteiger partial charge in [0.25, 0.3) is 0 Å². The Balaban J connectivity index is 1.71. The van der Waals surface area contributed by atoms with Crippen molar-refractivity contribution >= 4 is 5.97 Å². The molecular formula is C24H29F2NO3. The van der Waals surface area contributed by atoms with Gasteiger partial charge in [0.1, 0.15) is 11.6 Å². The first-order valence-corrected chi connectivity index (χ1v) is 10.5. The first-order chi connectivity index (χ1) is 14.4. The molecule has 162 valence electrons. The van der Waals surface area contributed by atoms with Crippen molar-refractivity contribution in [2.45, 2.75) is 51.2 Å². The summed E-state index contributed by atoms with van der Waals surface area (Å²) >= 11 is 0. The van der Waals surface area contributed by atoms with Crippen LogP contribution in [-0.2, 0) is 28.8 Å². The largest absolute Gasteiger partial charge is 0.469 e. The van der Waals surface area contributed by atoms with E-state index in [1.807, 2.05) is 0 Å². The molecule has 0 heterocycles. The molecule has 4 nitrogen and oxygen atoms in total. The predicted molar refractivity (Wildman–Crippen MR) is 111 cm³/mol. The van der Waals surface area contributed by atoms with Crippen LogP contribution in [0.25, 0.3) is 0 Å². The molecule has 30 heavy (non-hydrogen) atoms. The van der Waals surface area contributed by atoms with E-state index in [0.717, 1.165) is 31.7 Å². The van der Waals surface area contributed by atoms with Crippen molar-refractivity contribution in [3.8, 4) is 0 Å². The average Bonchev–Trinajstić information content (AvgIpc) is 2.74. The van der Waals surface area contributed by atoms with E-state index in [1.165, 1.54) is 35.9 Å². The molecule has 0 saturated carbocycles. The Morgan fingerprint density at radius 2 is 1.93 bits per heavy atom. The van der Waals surface area contributed by atoms with E-state index in [-0.39, 0.29) is 19.0 Å². The summed E-state index contributed by atoms with van der Waals surface area (Å²) in [5.41, 5.74) is 4.13. The summed E-state index contributed by atoms with van der Waals surface area (Å²) in [6.07, 6.45) is 2.93. The lowest BCUT2D eigenvalue weighted by molar-refractivity contribution is -0.149. The number of hydrogen-bond acceptors (Lipinski definition) is 4. The second kappa shape index (κ2) is 10.1. The van der Waals surface area contributed by atoms with Crippen LogP contribution in [0, 0.1) is 17.6 Å². The molecule has 3 rings (SSSR count). The van der Waals surface area contributed by atoms with Gasteiger partial charge in [-0.3, -0.25) is 4.79 Å². The van der Waals surface area contributed by atoms with Crippen molar-refractivity contribution in [2.75, 3.05) is 13.7 Å². The van der Waals surface area contributed by atoms with Crippen LogP contribution in [0.1, 0.15) is 48.1 Å². The summed E-state index contributed by atoms with van der Waals surface area (Å²) in [6.45, 7) is 2.30. The molecule has 0 saturated heterocycles. The van der Waals surface area contributed by atoms with Crippen LogP contribution in [-0.4, -0.2) is 30.8 Å². The Kier molecular flexibility index (Phi) is 7.56. The number of hydrogen-bond donors (Lipinski definition) is 2. The molecule has 3 atom stereocenters. The van der Waals surface area contributed by atoms with Gasteiger partial charge in [0, 0.05) is 18.7 Å². The van der Waals surface area contributed by atoms with E-state index in [0.29, 0.717) is 5.56 Å². The molecule has 0 radical (unpaired) electrons. The van der Waals surface area contributed by atoms with Crippen LogP contribution >= 0.6 is 0 Å². The Labute approximate surface area is 176 Å². The molecular weight excluding hydrogens is 388 g/mol. The Bertz CT molecular complexity index is 866. The fraction of sp³-hybridized carbons (Fsp3) is 0.458. The summed E-state index contributed by atoms with van der Waals surface area (Å²) in [4.78, 5) is 12.3. The third-order valence-electron chi connectivity index (χ3n) is 5.85. The number of halogens is 2. The number of carbonyl (C=O) groups is 1. The van der Waals surface area contributed by atoms with Gasteiger partial charge in [-0.1, -0.05) is 25.1 Å². The topological polar surface area (TPSA) is 58.6 Å². The normalized spacial score (nSPS) is 17.8. The van der Waals surface area contributed by atoms with Gasteiger partial charge in [-0.25, -0.2) is 8.78 Å². The Morgan fingerprint density at radius 1 is 1.20 bits per heavy atom. The van der Waals surface area contributed by atoms with Crippen LogP contribution in [0.4, 0.5) is 8.78 Å². The van der Waals surface area contributed by atoms with Crippen molar-refractivity contribution in [1.82, 2.24) is 5.32 Å². The summed E-state index contributed by atoms with van der Waals surface area (Å²) in [6, 6.07) is 9.76. The molecule has 0 bridgehead atoms. The molecule has 0 amide bonds. The molecule has 0 fully saturated rings. The van der Waals surface area contributed by atoms with E-state index in [1.54, 1.807) is 0 Å². The number of esters is 1. The highest BCUT2D eigenvalue weighted by atomic mass is 19.1. The van der Waals surface area contributed by atoms with Gasteiger partial charge in [-0.05, 0) is 66.5 Å². The number of fused-ring (bicyclic) bond motifs is 1. The third-order valence-corrected chi connectivity index (χ3v) is 5.85. The number of aliphatic hydroxyl groups is 1. The van der Waals surface area contributed by atoms with Crippen molar-refractivity contribution in [3.05, 3.63) is 70.3 Å². The third kappa shape index (κ3) is 5.43. The maximum atomic E-state index is 13.5. The Hall–Kier alpha value is -2.31. The minimum absolute atomic E-state index is 0.00850. The number of benzene rings is 2. The van der Waals surface area contributed by atoms with Gasteiger partial charge < -0.3 is 15.2 Å². The monoisotopic (exact) mass is 417 g/mol. The summed E-state index contributed by atoms with van der Waals surface area (Å²) < 4.78 is 31.9. The number of carbonyl (C=O) groups excluding carboxylic acids is 1. The van der Waals surface area contributed by atoms with Crippen LogP contribution < -0.4 is 5.32 Å². The van der Waals surface area contributed by atoms with Crippen molar-refractivity contribution in [2.24, 2.45) is 5.92 Å². The first kappa shape index (κ1) is 22.4. The van der Waals surface area contributed by atoms with E-state index in [4.69, 9.17) is 4.74 Å². The molecule has 3 unspecified atom stereocenters. The standard InChI is InChI=1S/C24H29F2NO3/c1-3-15-7-8-17-5-4-6-22(20(17)11-15)27-14-23(28)21(24(29)30-2)12-16-9-18(25)13-19(26)10-16/h7-11,13,21-23,27-28H,3-6,12,14H2,1-2H3. The fourth-order valence-electron chi connectivity index (χ4n) is 4.20. The number of ether oxygens (including phenoxy) is 1. The highest BCUT2D eigenvalue weighted by Gasteiger charge is 2.30. The summed E-state index contributed by atoms with van der Waals surface area (Å²) in [5.74, 6) is -2.96. The fourth-order valence-corrected chi connectivity index (χ4v) is 4.20. The molecule has 2 aromatic carbocycles. The number of nitrogens with one attached hydrogen (secondary N) is 1. The molecule has 0 aliphatic heterocycles. The lowest BCUT2D eigenvalue weighted by atomic mass is 9.86. The minimum Gasteiger partial charge on any atom is -0.469 e. The zero-order valence-corrected chi connectivity index (χ0v) is 17.5. The molecule has 0 spiro atoms. The van der Waals surface area contributed by atoms with Gasteiger partial charge >= 0.3 is 5.97 Å². The van der Waals surface area contributed by atoms with E-state index < -0.39 is 29.6 Å². The van der Waals surface area contributed by atoms with Crippen molar-refractivity contribution in [1.29, 1.82) is 0 Å². The smallest absolute Gasteiger partial charge is 0.311 e. The zero-order valence-electron chi connectivity index (χ0n) is 17.5. The highest BCUT2D eigenvalue weighted by Crippen LogP contribution is 2.31. The molecule has 2 aromatic rings. The number of rotatable bonds is 8.